The third-order valence-corrected chi connectivity index (χ3v) is 6.09. The molecular weight excluding hydrogens is 392 g/mol. The molecule has 2 saturated heterocycles. The lowest BCUT2D eigenvalue weighted by Crippen LogP contribution is -2.54. The summed E-state index contributed by atoms with van der Waals surface area (Å²) in [6, 6.07) is 17.2. The van der Waals surface area contributed by atoms with Crippen molar-refractivity contribution >= 4 is 11.6 Å². The van der Waals surface area contributed by atoms with E-state index in [1.807, 2.05) is 47.4 Å². The number of ether oxygens (including phenoxy) is 1. The standard InChI is InChI=1S/C24H32N4O3/c29-22-8-6-21(7-9-22)27-14-12-26(13-15-27)20-24(30)28-16-10-25(11-17-28)18-19-31-23-4-2-1-3-5-23/h1-9,29H,10-20H2. The monoisotopic (exact) mass is 424 g/mol. The van der Waals surface area contributed by atoms with Crippen LogP contribution in [0.1, 0.15) is 0 Å². The number of para-hydroxylation sites is 1. The van der Waals surface area contributed by atoms with Gasteiger partial charge in [-0.1, -0.05) is 18.2 Å². The molecule has 0 saturated carbocycles. The van der Waals surface area contributed by atoms with Gasteiger partial charge in [-0.25, -0.2) is 0 Å². The first-order chi connectivity index (χ1) is 15.2. The number of hydrogen-bond acceptors (Lipinski definition) is 6. The van der Waals surface area contributed by atoms with Gasteiger partial charge in [0.2, 0.25) is 5.91 Å². The van der Waals surface area contributed by atoms with E-state index in [4.69, 9.17) is 4.74 Å². The van der Waals surface area contributed by atoms with Crippen LogP contribution in [-0.2, 0) is 4.79 Å². The molecule has 2 heterocycles. The van der Waals surface area contributed by atoms with E-state index in [9.17, 15) is 9.90 Å². The minimum Gasteiger partial charge on any atom is -0.508 e. The van der Waals surface area contributed by atoms with E-state index in [2.05, 4.69) is 14.7 Å². The second-order valence-corrected chi connectivity index (χ2v) is 8.16. The van der Waals surface area contributed by atoms with Gasteiger partial charge in [0.05, 0.1) is 6.54 Å². The maximum Gasteiger partial charge on any atom is 0.236 e. The SMILES string of the molecule is O=C(CN1CCN(c2ccc(O)cc2)CC1)N1CCN(CCOc2ccccc2)CC1. The average molecular weight is 425 g/mol. The lowest BCUT2D eigenvalue weighted by Gasteiger charge is -2.38. The highest BCUT2D eigenvalue weighted by atomic mass is 16.5. The van der Waals surface area contributed by atoms with E-state index in [-0.39, 0.29) is 11.7 Å². The largest absolute Gasteiger partial charge is 0.508 e. The average Bonchev–Trinajstić information content (AvgIpc) is 2.81. The maximum atomic E-state index is 12.8. The molecule has 4 rings (SSSR count). The zero-order valence-electron chi connectivity index (χ0n) is 18.0. The molecule has 0 aliphatic carbocycles. The number of rotatable bonds is 7. The molecule has 1 amide bonds. The summed E-state index contributed by atoms with van der Waals surface area (Å²) >= 11 is 0. The first-order valence-corrected chi connectivity index (χ1v) is 11.1. The molecule has 2 fully saturated rings. The zero-order valence-corrected chi connectivity index (χ0v) is 18.0. The van der Waals surface area contributed by atoms with Gasteiger partial charge in [-0.3, -0.25) is 14.6 Å². The Hall–Kier alpha value is -2.77. The number of anilines is 1. The van der Waals surface area contributed by atoms with E-state index in [0.717, 1.165) is 70.3 Å². The van der Waals surface area contributed by atoms with Crippen molar-refractivity contribution in [3.8, 4) is 11.5 Å². The summed E-state index contributed by atoms with van der Waals surface area (Å²) in [5.74, 6) is 1.43. The van der Waals surface area contributed by atoms with E-state index < -0.39 is 0 Å². The van der Waals surface area contributed by atoms with Gasteiger partial charge in [0.25, 0.3) is 0 Å². The van der Waals surface area contributed by atoms with Crippen LogP contribution in [0.5, 0.6) is 11.5 Å². The van der Waals surface area contributed by atoms with Crippen LogP contribution in [0.4, 0.5) is 5.69 Å². The molecular formula is C24H32N4O3. The van der Waals surface area contributed by atoms with Crippen LogP contribution in [0, 0.1) is 0 Å². The summed E-state index contributed by atoms with van der Waals surface area (Å²) in [7, 11) is 0. The van der Waals surface area contributed by atoms with Gasteiger partial charge in [-0.2, -0.15) is 0 Å². The summed E-state index contributed by atoms with van der Waals surface area (Å²) in [5.41, 5.74) is 1.12. The third-order valence-electron chi connectivity index (χ3n) is 6.09. The number of nitrogens with zero attached hydrogens (tertiary/aromatic N) is 4. The molecule has 2 aromatic rings. The summed E-state index contributed by atoms with van der Waals surface area (Å²) < 4.78 is 5.78. The molecule has 0 unspecified atom stereocenters. The van der Waals surface area contributed by atoms with Gasteiger partial charge in [0.1, 0.15) is 18.1 Å². The quantitative estimate of drug-likeness (QED) is 0.731. The van der Waals surface area contributed by atoms with Gasteiger partial charge in [0, 0.05) is 64.6 Å². The first kappa shape index (κ1) is 21.5. The van der Waals surface area contributed by atoms with Crippen molar-refractivity contribution in [1.82, 2.24) is 14.7 Å². The highest BCUT2D eigenvalue weighted by molar-refractivity contribution is 5.78. The summed E-state index contributed by atoms with van der Waals surface area (Å²) in [6.07, 6.45) is 0. The number of amides is 1. The van der Waals surface area contributed by atoms with Crippen molar-refractivity contribution in [2.24, 2.45) is 0 Å². The van der Waals surface area contributed by atoms with E-state index in [1.165, 1.54) is 0 Å². The van der Waals surface area contributed by atoms with Crippen LogP contribution in [0.15, 0.2) is 54.6 Å². The highest BCUT2D eigenvalue weighted by Crippen LogP contribution is 2.20. The van der Waals surface area contributed by atoms with Crippen molar-refractivity contribution in [2.75, 3.05) is 77.0 Å². The number of phenolic OH excluding ortho intramolecular Hbond substituents is 1. The Morgan fingerprint density at radius 2 is 1.45 bits per heavy atom. The molecule has 7 heteroatoms. The van der Waals surface area contributed by atoms with E-state index in [1.54, 1.807) is 12.1 Å². The summed E-state index contributed by atoms with van der Waals surface area (Å²) in [5, 5.41) is 9.45. The predicted molar refractivity (Wildman–Crippen MR) is 122 cm³/mol. The zero-order chi connectivity index (χ0) is 21.5. The molecule has 0 bridgehead atoms. The molecule has 0 aromatic heterocycles. The van der Waals surface area contributed by atoms with Crippen LogP contribution in [0.25, 0.3) is 0 Å². The maximum absolute atomic E-state index is 12.8. The number of carbonyl (C=O) groups excluding carboxylic acids is 1. The van der Waals surface area contributed by atoms with Gasteiger partial charge in [-0.15, -0.1) is 0 Å². The van der Waals surface area contributed by atoms with Crippen LogP contribution in [0.2, 0.25) is 0 Å². The third kappa shape index (κ3) is 6.12. The van der Waals surface area contributed by atoms with Crippen molar-refractivity contribution in [2.45, 2.75) is 0 Å². The predicted octanol–water partition coefficient (Wildman–Crippen LogP) is 1.74. The molecule has 0 spiro atoms. The number of benzene rings is 2. The normalized spacial score (nSPS) is 18.2. The van der Waals surface area contributed by atoms with E-state index >= 15 is 0 Å². The Bertz CT molecular complexity index is 814. The van der Waals surface area contributed by atoms with Gasteiger partial charge < -0.3 is 19.6 Å². The van der Waals surface area contributed by atoms with Crippen molar-refractivity contribution in [1.29, 1.82) is 0 Å². The number of carbonyl (C=O) groups is 1. The van der Waals surface area contributed by atoms with Crippen LogP contribution in [0.3, 0.4) is 0 Å². The Labute approximate surface area is 184 Å². The second-order valence-electron chi connectivity index (χ2n) is 8.16. The van der Waals surface area contributed by atoms with Gasteiger partial charge in [0.15, 0.2) is 0 Å². The molecule has 1 N–H and O–H groups in total. The highest BCUT2D eigenvalue weighted by Gasteiger charge is 2.24. The van der Waals surface area contributed by atoms with Crippen LogP contribution < -0.4 is 9.64 Å². The van der Waals surface area contributed by atoms with Crippen molar-refractivity contribution in [3.05, 3.63) is 54.6 Å². The Kier molecular flexibility index (Phi) is 7.27. The molecule has 166 valence electrons. The molecule has 2 aliphatic rings. The topological polar surface area (TPSA) is 59.5 Å². The number of piperazine rings is 2. The molecule has 0 atom stereocenters. The number of hydrogen-bond donors (Lipinski definition) is 1. The van der Waals surface area contributed by atoms with Crippen molar-refractivity contribution in [3.63, 3.8) is 0 Å². The Morgan fingerprint density at radius 3 is 2.13 bits per heavy atom. The smallest absolute Gasteiger partial charge is 0.236 e. The van der Waals surface area contributed by atoms with Crippen LogP contribution in [-0.4, -0.2) is 97.8 Å². The fraction of sp³-hybridized carbons (Fsp3) is 0.458. The fourth-order valence-corrected chi connectivity index (χ4v) is 4.15. The van der Waals surface area contributed by atoms with Crippen molar-refractivity contribution < 1.29 is 14.6 Å². The first-order valence-electron chi connectivity index (χ1n) is 11.1. The number of phenols is 1. The Morgan fingerprint density at radius 1 is 0.806 bits per heavy atom. The Balaban J connectivity index is 1.13. The summed E-state index contributed by atoms with van der Waals surface area (Å²) in [4.78, 5) is 21.7. The lowest BCUT2D eigenvalue weighted by atomic mass is 10.2. The molecule has 31 heavy (non-hydrogen) atoms. The minimum absolute atomic E-state index is 0.235. The molecule has 7 nitrogen and oxygen atoms in total. The minimum atomic E-state index is 0.235. The van der Waals surface area contributed by atoms with Crippen LogP contribution >= 0.6 is 0 Å². The fourth-order valence-electron chi connectivity index (χ4n) is 4.15. The lowest BCUT2D eigenvalue weighted by molar-refractivity contribution is -0.134. The molecule has 0 radical (unpaired) electrons. The molecule has 2 aliphatic heterocycles. The van der Waals surface area contributed by atoms with Gasteiger partial charge in [-0.05, 0) is 36.4 Å². The number of aromatic hydroxyl groups is 1. The summed E-state index contributed by atoms with van der Waals surface area (Å²) in [6.45, 7) is 8.99. The second kappa shape index (κ2) is 10.5. The van der Waals surface area contributed by atoms with Gasteiger partial charge >= 0.3 is 0 Å². The molecule has 2 aromatic carbocycles. The van der Waals surface area contributed by atoms with E-state index in [0.29, 0.717) is 13.2 Å².